The van der Waals surface area contributed by atoms with E-state index in [1.165, 1.54) is 0 Å². The highest BCUT2D eigenvalue weighted by molar-refractivity contribution is 5.94. The van der Waals surface area contributed by atoms with E-state index in [4.69, 9.17) is 0 Å². The highest BCUT2D eigenvalue weighted by Crippen LogP contribution is 2.16. The predicted octanol–water partition coefficient (Wildman–Crippen LogP) is 1.84. The van der Waals surface area contributed by atoms with Crippen molar-refractivity contribution in [2.45, 2.75) is 26.8 Å². The summed E-state index contributed by atoms with van der Waals surface area (Å²) in [6, 6.07) is 5.70. The Labute approximate surface area is 124 Å². The average Bonchev–Trinajstić information content (AvgIpc) is 2.99. The Morgan fingerprint density at radius 3 is 2.90 bits per heavy atom. The lowest BCUT2D eigenvalue weighted by atomic mass is 10.1. The van der Waals surface area contributed by atoms with Crippen LogP contribution in [0.15, 0.2) is 30.6 Å². The molecule has 0 saturated heterocycles. The molecule has 1 aromatic carbocycles. The number of nitrogens with one attached hydrogen (secondary N) is 2. The number of anilines is 1. The molecule has 0 radical (unpaired) electrons. The van der Waals surface area contributed by atoms with Gasteiger partial charge in [0.15, 0.2) is 0 Å². The van der Waals surface area contributed by atoms with Crippen molar-refractivity contribution in [3.8, 4) is 0 Å². The van der Waals surface area contributed by atoms with Crippen molar-refractivity contribution >= 4 is 11.6 Å². The summed E-state index contributed by atoms with van der Waals surface area (Å²) in [7, 11) is 0. The topological polar surface area (TPSA) is 71.8 Å². The van der Waals surface area contributed by atoms with Gasteiger partial charge in [-0.15, -0.1) is 5.10 Å². The minimum absolute atomic E-state index is 0.0419. The Bertz CT molecular complexity index is 580. The van der Waals surface area contributed by atoms with Gasteiger partial charge in [0.25, 0.3) is 5.91 Å². The zero-order valence-corrected chi connectivity index (χ0v) is 12.5. The predicted molar refractivity (Wildman–Crippen MR) is 82.3 cm³/mol. The molecule has 0 spiro atoms. The molecule has 2 rings (SSSR count). The Kier molecular flexibility index (Phi) is 5.31. The SMILES string of the molecule is CCNc1ccc(C(=O)NCCCn2ccnn2)cc1C. The largest absolute Gasteiger partial charge is 0.385 e. The summed E-state index contributed by atoms with van der Waals surface area (Å²) in [6.07, 6.45) is 4.28. The fourth-order valence-electron chi connectivity index (χ4n) is 2.09. The van der Waals surface area contributed by atoms with Crippen molar-refractivity contribution in [1.82, 2.24) is 20.3 Å². The number of rotatable bonds is 7. The van der Waals surface area contributed by atoms with Gasteiger partial charge in [-0.1, -0.05) is 5.21 Å². The Hall–Kier alpha value is -2.37. The Morgan fingerprint density at radius 2 is 2.24 bits per heavy atom. The second kappa shape index (κ2) is 7.42. The number of aromatic nitrogens is 3. The number of aryl methyl sites for hydroxylation is 2. The first-order valence-corrected chi connectivity index (χ1v) is 7.17. The highest BCUT2D eigenvalue weighted by atomic mass is 16.1. The molecule has 0 unspecified atom stereocenters. The van der Waals surface area contributed by atoms with E-state index in [0.29, 0.717) is 12.1 Å². The summed E-state index contributed by atoms with van der Waals surface area (Å²) in [5, 5.41) is 13.8. The summed E-state index contributed by atoms with van der Waals surface area (Å²) >= 11 is 0. The fraction of sp³-hybridized carbons (Fsp3) is 0.400. The van der Waals surface area contributed by atoms with Gasteiger partial charge in [0, 0.05) is 37.1 Å². The van der Waals surface area contributed by atoms with Crippen LogP contribution in [0.4, 0.5) is 5.69 Å². The zero-order chi connectivity index (χ0) is 15.1. The van der Waals surface area contributed by atoms with Gasteiger partial charge in [-0.05, 0) is 44.0 Å². The number of hydrogen-bond donors (Lipinski definition) is 2. The molecule has 2 aromatic rings. The molecule has 1 aromatic heterocycles. The van der Waals surface area contributed by atoms with E-state index in [0.717, 1.165) is 30.8 Å². The molecule has 0 saturated carbocycles. The van der Waals surface area contributed by atoms with Crippen molar-refractivity contribution in [1.29, 1.82) is 0 Å². The van der Waals surface area contributed by atoms with Crippen molar-refractivity contribution in [2.24, 2.45) is 0 Å². The second-order valence-electron chi connectivity index (χ2n) is 4.84. The molecular formula is C15H21N5O. The third-order valence-corrected chi connectivity index (χ3v) is 3.18. The molecule has 21 heavy (non-hydrogen) atoms. The lowest BCUT2D eigenvalue weighted by molar-refractivity contribution is 0.0952. The molecule has 0 aliphatic rings. The van der Waals surface area contributed by atoms with E-state index >= 15 is 0 Å². The number of carbonyl (C=O) groups is 1. The lowest BCUT2D eigenvalue weighted by Gasteiger charge is -2.10. The Morgan fingerprint density at radius 1 is 1.38 bits per heavy atom. The first-order valence-electron chi connectivity index (χ1n) is 7.17. The summed E-state index contributed by atoms with van der Waals surface area (Å²) < 4.78 is 1.75. The molecule has 0 fully saturated rings. The van der Waals surface area contributed by atoms with Crippen LogP contribution in [0.2, 0.25) is 0 Å². The van der Waals surface area contributed by atoms with E-state index < -0.39 is 0 Å². The maximum absolute atomic E-state index is 12.1. The van der Waals surface area contributed by atoms with Crippen LogP contribution in [0.3, 0.4) is 0 Å². The van der Waals surface area contributed by atoms with Gasteiger partial charge in [-0.2, -0.15) is 0 Å². The van der Waals surface area contributed by atoms with E-state index in [1.54, 1.807) is 10.9 Å². The molecule has 2 N–H and O–H groups in total. The molecule has 1 heterocycles. The van der Waals surface area contributed by atoms with Gasteiger partial charge < -0.3 is 10.6 Å². The van der Waals surface area contributed by atoms with Crippen LogP contribution in [0.5, 0.6) is 0 Å². The number of hydrogen-bond acceptors (Lipinski definition) is 4. The quantitative estimate of drug-likeness (QED) is 0.762. The van der Waals surface area contributed by atoms with E-state index in [-0.39, 0.29) is 5.91 Å². The molecule has 6 nitrogen and oxygen atoms in total. The number of nitrogens with zero attached hydrogens (tertiary/aromatic N) is 3. The van der Waals surface area contributed by atoms with E-state index in [1.807, 2.05) is 31.3 Å². The third kappa shape index (κ3) is 4.30. The van der Waals surface area contributed by atoms with Crippen molar-refractivity contribution in [2.75, 3.05) is 18.4 Å². The monoisotopic (exact) mass is 287 g/mol. The standard InChI is InChI=1S/C15H21N5O/c1-3-16-14-6-5-13(11-12(14)2)15(21)17-7-4-9-20-10-8-18-19-20/h5-6,8,10-11,16H,3-4,7,9H2,1-2H3,(H,17,21). The van der Waals surface area contributed by atoms with Crippen molar-refractivity contribution < 1.29 is 4.79 Å². The molecule has 0 aliphatic carbocycles. The Balaban J connectivity index is 1.81. The van der Waals surface area contributed by atoms with E-state index in [2.05, 4.69) is 27.9 Å². The van der Waals surface area contributed by atoms with Gasteiger partial charge in [0.1, 0.15) is 0 Å². The molecule has 112 valence electrons. The van der Waals surface area contributed by atoms with Crippen LogP contribution < -0.4 is 10.6 Å². The molecular weight excluding hydrogens is 266 g/mol. The normalized spacial score (nSPS) is 10.4. The van der Waals surface area contributed by atoms with Gasteiger partial charge >= 0.3 is 0 Å². The zero-order valence-electron chi connectivity index (χ0n) is 12.5. The third-order valence-electron chi connectivity index (χ3n) is 3.18. The molecule has 0 atom stereocenters. The van der Waals surface area contributed by atoms with Crippen LogP contribution in [-0.4, -0.2) is 34.0 Å². The summed E-state index contributed by atoms with van der Waals surface area (Å²) in [6.45, 7) is 6.29. The first-order chi connectivity index (χ1) is 10.2. The minimum Gasteiger partial charge on any atom is -0.385 e. The van der Waals surface area contributed by atoms with Crippen LogP contribution in [0, 0.1) is 6.92 Å². The summed E-state index contributed by atoms with van der Waals surface area (Å²) in [5.41, 5.74) is 2.84. The second-order valence-corrected chi connectivity index (χ2v) is 4.84. The number of amides is 1. The van der Waals surface area contributed by atoms with Gasteiger partial charge in [0.05, 0.1) is 6.20 Å². The molecule has 1 amide bonds. The van der Waals surface area contributed by atoms with Crippen LogP contribution in [0.25, 0.3) is 0 Å². The highest BCUT2D eigenvalue weighted by Gasteiger charge is 2.07. The molecule has 6 heteroatoms. The average molecular weight is 287 g/mol. The first kappa shape index (κ1) is 15.0. The van der Waals surface area contributed by atoms with Gasteiger partial charge in [-0.25, -0.2) is 0 Å². The van der Waals surface area contributed by atoms with Crippen LogP contribution in [0.1, 0.15) is 29.3 Å². The maximum Gasteiger partial charge on any atom is 0.251 e. The number of carbonyl (C=O) groups excluding carboxylic acids is 1. The smallest absolute Gasteiger partial charge is 0.251 e. The van der Waals surface area contributed by atoms with Gasteiger partial charge in [0.2, 0.25) is 0 Å². The molecule has 0 aliphatic heterocycles. The summed E-state index contributed by atoms with van der Waals surface area (Å²) in [4.78, 5) is 12.1. The molecule has 0 bridgehead atoms. The lowest BCUT2D eigenvalue weighted by Crippen LogP contribution is -2.25. The summed E-state index contributed by atoms with van der Waals surface area (Å²) in [5.74, 6) is -0.0419. The number of benzene rings is 1. The van der Waals surface area contributed by atoms with Crippen molar-refractivity contribution in [3.05, 3.63) is 41.7 Å². The fourth-order valence-corrected chi connectivity index (χ4v) is 2.09. The van der Waals surface area contributed by atoms with Crippen LogP contribution in [-0.2, 0) is 6.54 Å². The van der Waals surface area contributed by atoms with Crippen molar-refractivity contribution in [3.63, 3.8) is 0 Å². The maximum atomic E-state index is 12.1. The van der Waals surface area contributed by atoms with E-state index in [9.17, 15) is 4.79 Å². The minimum atomic E-state index is -0.0419. The van der Waals surface area contributed by atoms with Gasteiger partial charge in [-0.3, -0.25) is 9.48 Å². The van der Waals surface area contributed by atoms with Crippen LogP contribution >= 0.6 is 0 Å².